The Balaban J connectivity index is 2.58. The van der Waals surface area contributed by atoms with E-state index in [4.69, 9.17) is 0 Å². The maximum Gasteiger partial charge on any atom is 0.0332 e. The summed E-state index contributed by atoms with van der Waals surface area (Å²) in [5.41, 5.74) is 2.83. The van der Waals surface area contributed by atoms with Crippen molar-refractivity contribution < 1.29 is 0 Å². The maximum absolute atomic E-state index is 3.48. The van der Waals surface area contributed by atoms with Gasteiger partial charge in [-0.15, -0.1) is 0 Å². The molecule has 0 aliphatic heterocycles. The van der Waals surface area contributed by atoms with Gasteiger partial charge in [0.2, 0.25) is 0 Å². The average molecular weight is 276 g/mol. The second-order valence-electron chi connectivity index (χ2n) is 5.89. The van der Waals surface area contributed by atoms with E-state index in [1.165, 1.54) is 37.1 Å². The fourth-order valence-corrected chi connectivity index (χ4v) is 2.69. The van der Waals surface area contributed by atoms with Crippen LogP contribution in [0.1, 0.15) is 50.8 Å². The van der Waals surface area contributed by atoms with Gasteiger partial charge in [0.25, 0.3) is 0 Å². The topological polar surface area (TPSA) is 15.3 Å². The minimum Gasteiger partial charge on any atom is -0.313 e. The quantitative estimate of drug-likeness (QED) is 0.733. The Bertz CT molecular complexity index is 375. The van der Waals surface area contributed by atoms with Crippen LogP contribution in [0, 0.1) is 12.8 Å². The summed E-state index contributed by atoms with van der Waals surface area (Å²) in [6.07, 6.45) is 2.44. The first-order valence-corrected chi connectivity index (χ1v) is 8.07. The van der Waals surface area contributed by atoms with Crippen molar-refractivity contribution in [2.45, 2.75) is 46.6 Å². The van der Waals surface area contributed by atoms with Crippen LogP contribution in [-0.4, -0.2) is 31.6 Å². The molecule has 0 bridgehead atoms. The largest absolute Gasteiger partial charge is 0.313 e. The smallest absolute Gasteiger partial charge is 0.0332 e. The van der Waals surface area contributed by atoms with Crippen molar-refractivity contribution in [1.29, 1.82) is 0 Å². The summed E-state index contributed by atoms with van der Waals surface area (Å²) in [7, 11) is 2.07. The Morgan fingerprint density at radius 1 is 1.20 bits per heavy atom. The van der Waals surface area contributed by atoms with E-state index in [1.54, 1.807) is 0 Å². The molecule has 0 saturated heterocycles. The van der Waals surface area contributed by atoms with Gasteiger partial charge < -0.3 is 10.2 Å². The van der Waals surface area contributed by atoms with Gasteiger partial charge in [0.05, 0.1) is 0 Å². The summed E-state index contributed by atoms with van der Waals surface area (Å²) < 4.78 is 0. The van der Waals surface area contributed by atoms with Crippen molar-refractivity contribution in [3.05, 3.63) is 35.4 Å². The molecular weight excluding hydrogens is 244 g/mol. The first kappa shape index (κ1) is 17.2. The second kappa shape index (κ2) is 9.15. The summed E-state index contributed by atoms with van der Waals surface area (Å²) in [6, 6.07) is 9.18. The van der Waals surface area contributed by atoms with E-state index < -0.39 is 0 Å². The monoisotopic (exact) mass is 276 g/mol. The van der Waals surface area contributed by atoms with Crippen LogP contribution in [0.15, 0.2) is 24.3 Å². The standard InChI is InChI=1S/C18H32N2/c1-6-15(3)14-20(7-2)13-12-18(19-5)17-11-9-8-10-16(17)4/h8-11,15,18-19H,6-7,12-14H2,1-5H3. The zero-order chi connectivity index (χ0) is 15.0. The van der Waals surface area contributed by atoms with Crippen LogP contribution in [0.25, 0.3) is 0 Å². The lowest BCUT2D eigenvalue weighted by Crippen LogP contribution is -2.32. The van der Waals surface area contributed by atoms with Gasteiger partial charge in [-0.25, -0.2) is 0 Å². The van der Waals surface area contributed by atoms with Crippen molar-refractivity contribution in [2.24, 2.45) is 5.92 Å². The molecule has 0 spiro atoms. The van der Waals surface area contributed by atoms with Crippen LogP contribution >= 0.6 is 0 Å². The van der Waals surface area contributed by atoms with Crippen molar-refractivity contribution in [3.63, 3.8) is 0 Å². The zero-order valence-corrected chi connectivity index (χ0v) is 13.9. The number of nitrogens with zero attached hydrogens (tertiary/aromatic N) is 1. The van der Waals surface area contributed by atoms with Gasteiger partial charge in [0, 0.05) is 12.6 Å². The van der Waals surface area contributed by atoms with Gasteiger partial charge in [-0.2, -0.15) is 0 Å². The van der Waals surface area contributed by atoms with Crippen LogP contribution in [0.4, 0.5) is 0 Å². The van der Waals surface area contributed by atoms with Crippen molar-refractivity contribution in [2.75, 3.05) is 26.7 Å². The maximum atomic E-state index is 3.48. The lowest BCUT2D eigenvalue weighted by Gasteiger charge is -2.27. The summed E-state index contributed by atoms with van der Waals surface area (Å²) in [4.78, 5) is 2.58. The summed E-state index contributed by atoms with van der Waals surface area (Å²) in [6.45, 7) is 12.6. The summed E-state index contributed by atoms with van der Waals surface area (Å²) in [5.74, 6) is 0.793. The van der Waals surface area contributed by atoms with Gasteiger partial charge in [-0.1, -0.05) is 51.5 Å². The predicted molar refractivity (Wildman–Crippen MR) is 89.2 cm³/mol. The minimum absolute atomic E-state index is 0.460. The highest BCUT2D eigenvalue weighted by atomic mass is 15.1. The third-order valence-corrected chi connectivity index (χ3v) is 4.36. The molecule has 1 aromatic rings. The molecule has 0 aliphatic rings. The van der Waals surface area contributed by atoms with Gasteiger partial charge in [-0.3, -0.25) is 0 Å². The van der Waals surface area contributed by atoms with Crippen molar-refractivity contribution in [1.82, 2.24) is 10.2 Å². The molecular formula is C18H32N2. The summed E-state index contributed by atoms with van der Waals surface area (Å²) >= 11 is 0. The number of hydrogen-bond donors (Lipinski definition) is 1. The molecule has 0 fully saturated rings. The van der Waals surface area contributed by atoms with Crippen LogP contribution < -0.4 is 5.32 Å². The number of nitrogens with one attached hydrogen (secondary N) is 1. The van der Waals surface area contributed by atoms with Gasteiger partial charge >= 0.3 is 0 Å². The molecule has 2 nitrogen and oxygen atoms in total. The average Bonchev–Trinajstić information content (AvgIpc) is 2.47. The van der Waals surface area contributed by atoms with Gasteiger partial charge in [0.15, 0.2) is 0 Å². The fraction of sp³-hybridized carbons (Fsp3) is 0.667. The molecule has 0 radical (unpaired) electrons. The number of hydrogen-bond acceptors (Lipinski definition) is 2. The molecule has 2 unspecified atom stereocenters. The second-order valence-corrected chi connectivity index (χ2v) is 5.89. The molecule has 0 aliphatic carbocycles. The molecule has 0 amide bonds. The van der Waals surface area contributed by atoms with Crippen LogP contribution in [-0.2, 0) is 0 Å². The SMILES string of the molecule is CCC(C)CN(CC)CCC(NC)c1ccccc1C. The Hall–Kier alpha value is -0.860. The Labute approximate surface area is 125 Å². The number of aryl methyl sites for hydroxylation is 1. The molecule has 0 heterocycles. The molecule has 1 aromatic carbocycles. The molecule has 0 saturated carbocycles. The van der Waals surface area contributed by atoms with Gasteiger partial charge in [-0.05, 0) is 50.5 Å². The fourth-order valence-electron chi connectivity index (χ4n) is 2.69. The Morgan fingerprint density at radius 3 is 2.45 bits per heavy atom. The molecule has 0 aromatic heterocycles. The third-order valence-electron chi connectivity index (χ3n) is 4.36. The zero-order valence-electron chi connectivity index (χ0n) is 13.9. The lowest BCUT2D eigenvalue weighted by molar-refractivity contribution is 0.234. The molecule has 1 rings (SSSR count). The normalized spacial score (nSPS) is 14.5. The number of rotatable bonds is 9. The van der Waals surface area contributed by atoms with E-state index in [2.05, 4.69) is 69.2 Å². The van der Waals surface area contributed by atoms with Crippen LogP contribution in [0.5, 0.6) is 0 Å². The summed E-state index contributed by atoms with van der Waals surface area (Å²) in [5, 5.41) is 3.48. The molecule has 1 N–H and O–H groups in total. The highest BCUT2D eigenvalue weighted by molar-refractivity contribution is 5.28. The van der Waals surface area contributed by atoms with E-state index in [0.717, 1.165) is 12.5 Å². The molecule has 114 valence electrons. The highest BCUT2D eigenvalue weighted by Crippen LogP contribution is 2.20. The molecule has 20 heavy (non-hydrogen) atoms. The van der Waals surface area contributed by atoms with E-state index in [9.17, 15) is 0 Å². The Morgan fingerprint density at radius 2 is 1.90 bits per heavy atom. The highest BCUT2D eigenvalue weighted by Gasteiger charge is 2.14. The third kappa shape index (κ3) is 5.26. The van der Waals surface area contributed by atoms with E-state index in [0.29, 0.717) is 6.04 Å². The molecule has 2 atom stereocenters. The van der Waals surface area contributed by atoms with Crippen molar-refractivity contribution in [3.8, 4) is 0 Å². The number of benzene rings is 1. The van der Waals surface area contributed by atoms with Crippen LogP contribution in [0.2, 0.25) is 0 Å². The Kier molecular flexibility index (Phi) is 7.86. The van der Waals surface area contributed by atoms with E-state index >= 15 is 0 Å². The van der Waals surface area contributed by atoms with E-state index in [1.807, 2.05) is 0 Å². The van der Waals surface area contributed by atoms with Gasteiger partial charge in [0.1, 0.15) is 0 Å². The minimum atomic E-state index is 0.460. The van der Waals surface area contributed by atoms with Crippen molar-refractivity contribution >= 4 is 0 Å². The van der Waals surface area contributed by atoms with E-state index in [-0.39, 0.29) is 0 Å². The predicted octanol–water partition coefficient (Wildman–Crippen LogP) is 4.01. The first-order chi connectivity index (χ1) is 9.62. The first-order valence-electron chi connectivity index (χ1n) is 8.07. The molecule has 2 heteroatoms. The van der Waals surface area contributed by atoms with Crippen LogP contribution in [0.3, 0.4) is 0 Å². The lowest BCUT2D eigenvalue weighted by atomic mass is 9.98.